The minimum Gasteiger partial charge on any atom is -0.446 e. The summed E-state index contributed by atoms with van der Waals surface area (Å²) in [5, 5.41) is 0. The summed E-state index contributed by atoms with van der Waals surface area (Å²) in [6.45, 7) is 8.63. The number of nitrogens with zero attached hydrogens (tertiary/aromatic N) is 1. The van der Waals surface area contributed by atoms with Crippen molar-refractivity contribution in [2.75, 3.05) is 0 Å². The Morgan fingerprint density at radius 2 is 1.85 bits per heavy atom. The maximum Gasteiger partial charge on any atom is 0.414 e. The number of rotatable bonds is 3. The van der Waals surface area contributed by atoms with Gasteiger partial charge >= 0.3 is 6.09 Å². The minimum absolute atomic E-state index is 0.0564. The topological polar surface area (TPSA) is 46.6 Å². The zero-order chi connectivity index (χ0) is 19.6. The van der Waals surface area contributed by atoms with Crippen molar-refractivity contribution in [1.29, 1.82) is 0 Å². The van der Waals surface area contributed by atoms with E-state index in [-0.39, 0.29) is 35.4 Å². The third-order valence-electron chi connectivity index (χ3n) is 6.35. The van der Waals surface area contributed by atoms with Gasteiger partial charge in [-0.15, -0.1) is 0 Å². The summed E-state index contributed by atoms with van der Waals surface area (Å²) in [7, 11) is 0. The fraction of sp³-hybridized carbons (Fsp3) is 0.565. The average Bonchev–Trinajstić information content (AvgIpc) is 2.62. The fourth-order valence-corrected chi connectivity index (χ4v) is 4.57. The smallest absolute Gasteiger partial charge is 0.414 e. The van der Waals surface area contributed by atoms with Crippen LogP contribution in [0.25, 0.3) is 0 Å². The summed E-state index contributed by atoms with van der Waals surface area (Å²) < 4.78 is 6.05. The van der Waals surface area contributed by atoms with Crippen molar-refractivity contribution in [3.8, 4) is 0 Å². The van der Waals surface area contributed by atoms with Gasteiger partial charge in [-0.1, -0.05) is 57.5 Å². The second-order valence-electron chi connectivity index (χ2n) is 8.78. The summed E-state index contributed by atoms with van der Waals surface area (Å²) >= 11 is 0. The summed E-state index contributed by atoms with van der Waals surface area (Å²) in [5.41, 5.74) is 1.20. The van der Waals surface area contributed by atoms with E-state index in [1.807, 2.05) is 13.0 Å². The van der Waals surface area contributed by atoms with E-state index < -0.39 is 0 Å². The molecule has 1 aromatic rings. The number of hydrogen-bond donors (Lipinski definition) is 0. The molecular formula is C23H31NO3. The molecule has 0 unspecified atom stereocenters. The predicted molar refractivity (Wildman–Crippen MR) is 106 cm³/mol. The molecule has 3 rings (SSSR count). The first-order valence-electron chi connectivity index (χ1n) is 10.0. The molecule has 4 nitrogen and oxygen atoms in total. The normalized spacial score (nSPS) is 28.9. The number of hydrogen-bond acceptors (Lipinski definition) is 3. The van der Waals surface area contributed by atoms with Gasteiger partial charge in [0.25, 0.3) is 0 Å². The van der Waals surface area contributed by atoms with Crippen molar-refractivity contribution in [3.63, 3.8) is 0 Å². The Hall–Kier alpha value is -2.10. The fourth-order valence-electron chi connectivity index (χ4n) is 4.57. The van der Waals surface area contributed by atoms with Crippen LogP contribution in [0.5, 0.6) is 0 Å². The maximum atomic E-state index is 12.8. The van der Waals surface area contributed by atoms with Crippen LogP contribution in [0, 0.1) is 11.8 Å². The minimum atomic E-state index is -0.334. The number of amides is 1. The number of benzene rings is 1. The van der Waals surface area contributed by atoms with Crippen molar-refractivity contribution in [2.24, 2.45) is 11.8 Å². The molecule has 0 aromatic heterocycles. The van der Waals surface area contributed by atoms with E-state index in [2.05, 4.69) is 45.0 Å². The van der Waals surface area contributed by atoms with Crippen LogP contribution in [0.4, 0.5) is 4.79 Å². The zero-order valence-electron chi connectivity index (χ0n) is 16.9. The van der Waals surface area contributed by atoms with Crippen LogP contribution >= 0.6 is 0 Å². The van der Waals surface area contributed by atoms with Gasteiger partial charge in [-0.3, -0.25) is 9.69 Å². The highest BCUT2D eigenvalue weighted by atomic mass is 16.6. The Balaban J connectivity index is 1.79. The van der Waals surface area contributed by atoms with Crippen molar-refractivity contribution < 1.29 is 14.3 Å². The van der Waals surface area contributed by atoms with Crippen molar-refractivity contribution in [2.45, 2.75) is 70.9 Å². The van der Waals surface area contributed by atoms with Crippen LogP contribution in [0.15, 0.2) is 42.6 Å². The van der Waals surface area contributed by atoms with E-state index >= 15 is 0 Å². The first-order valence-corrected chi connectivity index (χ1v) is 10.0. The first-order chi connectivity index (χ1) is 12.8. The molecule has 1 fully saturated rings. The monoisotopic (exact) mass is 369 g/mol. The molecule has 27 heavy (non-hydrogen) atoms. The van der Waals surface area contributed by atoms with Crippen LogP contribution in [0.3, 0.4) is 0 Å². The molecule has 1 amide bonds. The molecule has 0 N–H and O–H groups in total. The molecule has 0 spiro atoms. The van der Waals surface area contributed by atoms with E-state index in [0.717, 1.165) is 19.3 Å². The quantitative estimate of drug-likeness (QED) is 0.746. The Kier molecular flexibility index (Phi) is 5.73. The highest BCUT2D eigenvalue weighted by Crippen LogP contribution is 2.43. The largest absolute Gasteiger partial charge is 0.446 e. The lowest BCUT2D eigenvalue weighted by Crippen LogP contribution is -2.46. The predicted octanol–water partition coefficient (Wildman–Crippen LogP) is 5.08. The molecular weight excluding hydrogens is 338 g/mol. The van der Waals surface area contributed by atoms with Gasteiger partial charge in [0.15, 0.2) is 5.78 Å². The molecule has 0 saturated heterocycles. The highest BCUT2D eigenvalue weighted by molar-refractivity contribution is 5.92. The maximum absolute atomic E-state index is 12.8. The second-order valence-corrected chi connectivity index (χ2v) is 8.78. The summed E-state index contributed by atoms with van der Waals surface area (Å²) in [6.07, 6.45) is 6.03. The molecule has 146 valence electrons. The van der Waals surface area contributed by atoms with Gasteiger partial charge in [-0.25, -0.2) is 4.79 Å². The number of ketones is 1. The van der Waals surface area contributed by atoms with Crippen LogP contribution in [-0.4, -0.2) is 28.9 Å². The summed E-state index contributed by atoms with van der Waals surface area (Å²) in [5.74, 6) is 0.869. The third-order valence-corrected chi connectivity index (χ3v) is 6.35. The van der Waals surface area contributed by atoms with Gasteiger partial charge < -0.3 is 4.74 Å². The van der Waals surface area contributed by atoms with Gasteiger partial charge in [0.1, 0.15) is 6.10 Å². The molecule has 0 bridgehead atoms. The Morgan fingerprint density at radius 3 is 2.52 bits per heavy atom. The average molecular weight is 370 g/mol. The molecule has 1 saturated carbocycles. The molecule has 1 aromatic carbocycles. The third kappa shape index (κ3) is 4.26. The van der Waals surface area contributed by atoms with E-state index in [4.69, 9.17) is 4.74 Å². The second kappa shape index (κ2) is 7.87. The molecule has 2 aliphatic rings. The summed E-state index contributed by atoms with van der Waals surface area (Å²) in [4.78, 5) is 26.0. The van der Waals surface area contributed by atoms with E-state index in [0.29, 0.717) is 12.3 Å². The lowest BCUT2D eigenvalue weighted by atomic mass is 9.64. The Labute approximate surface area is 162 Å². The van der Waals surface area contributed by atoms with Crippen LogP contribution in [0.1, 0.15) is 58.9 Å². The SMILES string of the molecule is C[C@@H]1CC[C@@H](C(C)(C)c2ccccc2)[C@H](OC(=O)N2C=CC(=O)C[C@@H]2C)C1. The molecule has 1 aliphatic heterocycles. The number of carbonyl (C=O) groups is 2. The van der Waals surface area contributed by atoms with Crippen LogP contribution in [0.2, 0.25) is 0 Å². The van der Waals surface area contributed by atoms with E-state index in [9.17, 15) is 9.59 Å². The molecule has 1 aliphatic carbocycles. The van der Waals surface area contributed by atoms with E-state index in [1.54, 1.807) is 11.1 Å². The Bertz CT molecular complexity index is 710. The van der Waals surface area contributed by atoms with Gasteiger partial charge in [-0.2, -0.15) is 0 Å². The summed E-state index contributed by atoms with van der Waals surface area (Å²) in [6, 6.07) is 10.3. The van der Waals surface area contributed by atoms with Crippen molar-refractivity contribution in [1.82, 2.24) is 4.90 Å². The standard InChI is InChI=1S/C23H31NO3/c1-16-10-11-20(23(3,4)18-8-6-5-7-9-18)21(14-16)27-22(26)24-13-12-19(25)15-17(24)2/h5-9,12-13,16-17,20-21H,10-11,14-15H2,1-4H3/t16-,17+,20-,21-/m1/s1. The van der Waals surface area contributed by atoms with Crippen molar-refractivity contribution >= 4 is 11.9 Å². The number of carbonyl (C=O) groups excluding carboxylic acids is 2. The zero-order valence-corrected chi connectivity index (χ0v) is 16.9. The number of ether oxygens (including phenoxy) is 1. The van der Waals surface area contributed by atoms with Gasteiger partial charge in [0.05, 0.1) is 0 Å². The number of allylic oxidation sites excluding steroid dienone is 1. The van der Waals surface area contributed by atoms with Crippen molar-refractivity contribution in [3.05, 3.63) is 48.2 Å². The first kappa shape index (κ1) is 19.7. The highest BCUT2D eigenvalue weighted by Gasteiger charge is 2.42. The van der Waals surface area contributed by atoms with E-state index in [1.165, 1.54) is 11.6 Å². The molecule has 1 heterocycles. The molecule has 0 radical (unpaired) electrons. The van der Waals surface area contributed by atoms with Gasteiger partial charge in [-0.05, 0) is 42.7 Å². The Morgan fingerprint density at radius 1 is 1.15 bits per heavy atom. The van der Waals surface area contributed by atoms with Gasteiger partial charge in [0, 0.05) is 24.6 Å². The molecule has 4 heteroatoms. The lowest BCUT2D eigenvalue weighted by molar-refractivity contribution is -0.116. The molecule has 4 atom stereocenters. The van der Waals surface area contributed by atoms with Crippen LogP contribution in [-0.2, 0) is 14.9 Å². The van der Waals surface area contributed by atoms with Gasteiger partial charge in [0.2, 0.25) is 0 Å². The lowest BCUT2D eigenvalue weighted by Gasteiger charge is -2.44. The van der Waals surface area contributed by atoms with Crippen LogP contribution < -0.4 is 0 Å².